The molecule has 0 bridgehead atoms. The molecule has 0 radical (unpaired) electrons. The smallest absolute Gasteiger partial charge is 0.193 e. The number of ether oxygens (including phenoxy) is 1. The van der Waals surface area contributed by atoms with Gasteiger partial charge in [0.2, 0.25) is 0 Å². The summed E-state index contributed by atoms with van der Waals surface area (Å²) in [5, 5.41) is 3.10. The fourth-order valence-corrected chi connectivity index (χ4v) is 2.19. The zero-order valence-electron chi connectivity index (χ0n) is 14.2. The van der Waals surface area contributed by atoms with Crippen LogP contribution in [-0.2, 0) is 26.9 Å². The second-order valence-electron chi connectivity index (χ2n) is 5.02. The summed E-state index contributed by atoms with van der Waals surface area (Å²) < 4.78 is 9.54. The van der Waals surface area contributed by atoms with Crippen molar-refractivity contribution in [2.24, 2.45) is 14.1 Å². The molecule has 2 aromatic rings. The Kier molecular flexibility index (Phi) is 6.92. The number of aromatic nitrogens is 2. The summed E-state index contributed by atoms with van der Waals surface area (Å²) in [6, 6.07) is 4.25. The molecule has 0 aromatic carbocycles. The molecule has 118 valence electrons. The summed E-state index contributed by atoms with van der Waals surface area (Å²) in [5.74, 6) is 0.962. The Bertz CT molecular complexity index is 540. The van der Waals surface area contributed by atoms with Gasteiger partial charge >= 0.3 is 0 Å². The Morgan fingerprint density at radius 3 is 2.10 bits per heavy atom. The Morgan fingerprint density at radius 2 is 1.71 bits per heavy atom. The van der Waals surface area contributed by atoms with E-state index in [1.807, 2.05) is 25.6 Å². The van der Waals surface area contributed by atoms with Crippen LogP contribution in [-0.4, -0.2) is 22.8 Å². The number of nitrogens with zero attached hydrogens (tertiary/aromatic N) is 2. The van der Waals surface area contributed by atoms with E-state index in [9.17, 15) is 0 Å². The van der Waals surface area contributed by atoms with Crippen LogP contribution in [0.15, 0.2) is 24.5 Å². The molecule has 0 fully saturated rings. The molecule has 2 heterocycles. The quantitative estimate of drug-likeness (QED) is 0.912. The molecule has 0 aliphatic heterocycles. The summed E-state index contributed by atoms with van der Waals surface area (Å²) in [4.78, 5) is 0. The number of anilines is 1. The lowest BCUT2D eigenvalue weighted by molar-refractivity contribution is 0.315. The molecule has 4 heteroatoms. The van der Waals surface area contributed by atoms with Gasteiger partial charge in [-0.1, -0.05) is 13.8 Å². The summed E-state index contributed by atoms with van der Waals surface area (Å²) in [5.41, 5.74) is 3.89. The van der Waals surface area contributed by atoms with Gasteiger partial charge in [0.1, 0.15) is 0 Å². The van der Waals surface area contributed by atoms with Gasteiger partial charge < -0.3 is 19.2 Å². The minimum atomic E-state index is 0.737. The first-order chi connectivity index (χ1) is 10.0. The van der Waals surface area contributed by atoms with Gasteiger partial charge in [0, 0.05) is 45.3 Å². The maximum absolute atomic E-state index is 5.38. The highest BCUT2D eigenvalue weighted by molar-refractivity contribution is 5.43. The van der Waals surface area contributed by atoms with Crippen molar-refractivity contribution in [1.82, 2.24) is 9.13 Å². The van der Waals surface area contributed by atoms with Crippen LogP contribution in [0.5, 0.6) is 5.88 Å². The van der Waals surface area contributed by atoms with Crippen molar-refractivity contribution in [1.29, 1.82) is 0 Å². The second kappa shape index (κ2) is 8.45. The van der Waals surface area contributed by atoms with E-state index in [1.165, 1.54) is 16.9 Å². The molecular weight excluding hydrogens is 262 g/mol. The minimum Gasteiger partial charge on any atom is -0.479 e. The van der Waals surface area contributed by atoms with Crippen molar-refractivity contribution in [3.8, 4) is 5.88 Å². The van der Waals surface area contributed by atoms with E-state index in [2.05, 4.69) is 55.3 Å². The van der Waals surface area contributed by atoms with Gasteiger partial charge in [-0.3, -0.25) is 0 Å². The van der Waals surface area contributed by atoms with Gasteiger partial charge in [0.15, 0.2) is 5.88 Å². The molecule has 1 N–H and O–H groups in total. The standard InChI is InChI=1S/C9H15NO.C8H14N2/c1-4-8-6-9(11-5-2)10(3)7-8;1-4-8-5-7(9-2)6-10(8)3/h6-7H,4-5H2,1-3H3;5-6,9H,4H2,1-3H3. The lowest BCUT2D eigenvalue weighted by atomic mass is 10.3. The third-order valence-electron chi connectivity index (χ3n) is 3.48. The van der Waals surface area contributed by atoms with Crippen molar-refractivity contribution >= 4 is 5.69 Å². The monoisotopic (exact) mass is 291 g/mol. The summed E-state index contributed by atoms with van der Waals surface area (Å²) in [6.07, 6.45) is 6.36. The van der Waals surface area contributed by atoms with Crippen molar-refractivity contribution in [2.45, 2.75) is 33.6 Å². The Hall–Kier alpha value is -1.84. The molecule has 0 amide bonds. The first kappa shape index (κ1) is 17.2. The minimum absolute atomic E-state index is 0.737. The fraction of sp³-hybridized carbons (Fsp3) is 0.529. The van der Waals surface area contributed by atoms with Gasteiger partial charge in [-0.05, 0) is 31.4 Å². The van der Waals surface area contributed by atoms with Crippen LogP contribution in [0.25, 0.3) is 0 Å². The van der Waals surface area contributed by atoms with E-state index in [4.69, 9.17) is 4.74 Å². The van der Waals surface area contributed by atoms with E-state index in [0.29, 0.717) is 0 Å². The predicted octanol–water partition coefficient (Wildman–Crippen LogP) is 3.62. The van der Waals surface area contributed by atoms with Crippen molar-refractivity contribution in [3.05, 3.63) is 35.8 Å². The maximum Gasteiger partial charge on any atom is 0.193 e. The molecule has 0 aliphatic rings. The van der Waals surface area contributed by atoms with Crippen LogP contribution in [0.4, 0.5) is 5.69 Å². The SMILES string of the molecule is CCOc1cc(CC)cn1C.CCc1cc(NC)cn1C. The Balaban J connectivity index is 0.000000211. The molecule has 2 aromatic heterocycles. The lowest BCUT2D eigenvalue weighted by Gasteiger charge is -2.01. The third kappa shape index (κ3) is 4.88. The van der Waals surface area contributed by atoms with Crippen LogP contribution in [0.2, 0.25) is 0 Å². The average molecular weight is 291 g/mol. The molecule has 21 heavy (non-hydrogen) atoms. The Labute approximate surface area is 128 Å². The third-order valence-corrected chi connectivity index (χ3v) is 3.48. The van der Waals surface area contributed by atoms with Gasteiger partial charge in [-0.25, -0.2) is 0 Å². The number of nitrogens with one attached hydrogen (secondary N) is 1. The number of hydrogen-bond donors (Lipinski definition) is 1. The normalized spacial score (nSPS) is 10.0. The van der Waals surface area contributed by atoms with E-state index in [-0.39, 0.29) is 0 Å². The lowest BCUT2D eigenvalue weighted by Crippen LogP contribution is -1.96. The molecular formula is C17H29N3O. The topological polar surface area (TPSA) is 31.1 Å². The first-order valence-electron chi connectivity index (χ1n) is 7.66. The number of rotatable bonds is 5. The molecule has 0 atom stereocenters. The van der Waals surface area contributed by atoms with Gasteiger partial charge in [0.05, 0.1) is 12.3 Å². The molecule has 4 nitrogen and oxygen atoms in total. The van der Waals surface area contributed by atoms with E-state index in [1.54, 1.807) is 0 Å². The molecule has 0 aliphatic carbocycles. The largest absolute Gasteiger partial charge is 0.479 e. The molecule has 0 saturated carbocycles. The van der Waals surface area contributed by atoms with E-state index < -0.39 is 0 Å². The zero-order valence-corrected chi connectivity index (χ0v) is 14.2. The maximum atomic E-state index is 5.38. The van der Waals surface area contributed by atoms with E-state index in [0.717, 1.165) is 25.3 Å². The van der Waals surface area contributed by atoms with E-state index >= 15 is 0 Å². The van der Waals surface area contributed by atoms with Crippen LogP contribution < -0.4 is 10.1 Å². The predicted molar refractivity (Wildman–Crippen MR) is 90.3 cm³/mol. The fourth-order valence-electron chi connectivity index (χ4n) is 2.19. The van der Waals surface area contributed by atoms with Crippen molar-refractivity contribution in [2.75, 3.05) is 19.0 Å². The molecule has 0 unspecified atom stereocenters. The first-order valence-corrected chi connectivity index (χ1v) is 7.66. The molecule has 0 saturated heterocycles. The zero-order chi connectivity index (χ0) is 15.8. The van der Waals surface area contributed by atoms with Crippen LogP contribution in [0, 0.1) is 0 Å². The highest BCUT2D eigenvalue weighted by Crippen LogP contribution is 2.15. The highest BCUT2D eigenvalue weighted by atomic mass is 16.5. The molecule has 0 spiro atoms. The van der Waals surface area contributed by atoms with Crippen molar-refractivity contribution < 1.29 is 4.74 Å². The average Bonchev–Trinajstić information content (AvgIpc) is 3.03. The summed E-state index contributed by atoms with van der Waals surface area (Å²) >= 11 is 0. The molecule has 2 rings (SSSR count). The van der Waals surface area contributed by atoms with Gasteiger partial charge in [0.25, 0.3) is 0 Å². The highest BCUT2D eigenvalue weighted by Gasteiger charge is 2.00. The summed E-state index contributed by atoms with van der Waals surface area (Å²) in [7, 11) is 6.01. The van der Waals surface area contributed by atoms with Crippen molar-refractivity contribution in [3.63, 3.8) is 0 Å². The van der Waals surface area contributed by atoms with Gasteiger partial charge in [-0.15, -0.1) is 0 Å². The van der Waals surface area contributed by atoms with Crippen LogP contribution in [0.3, 0.4) is 0 Å². The summed E-state index contributed by atoms with van der Waals surface area (Å²) in [6.45, 7) is 7.04. The Morgan fingerprint density at radius 1 is 1.00 bits per heavy atom. The van der Waals surface area contributed by atoms with Crippen LogP contribution >= 0.6 is 0 Å². The van der Waals surface area contributed by atoms with Crippen LogP contribution in [0.1, 0.15) is 32.0 Å². The van der Waals surface area contributed by atoms with Gasteiger partial charge in [-0.2, -0.15) is 0 Å². The second-order valence-corrected chi connectivity index (χ2v) is 5.02. The number of aryl methyl sites for hydroxylation is 4. The number of hydrogen-bond acceptors (Lipinski definition) is 2.